The lowest BCUT2D eigenvalue weighted by Crippen LogP contribution is -2.05. The molecule has 1 fully saturated rings. The minimum absolute atomic E-state index is 0.0951. The van der Waals surface area contributed by atoms with Gasteiger partial charge in [-0.3, -0.25) is 0 Å². The lowest BCUT2D eigenvalue weighted by atomic mass is 9.90. The average Bonchev–Trinajstić information content (AvgIpc) is 2.66. The number of nitrogens with two attached hydrogens (primary N) is 1. The Morgan fingerprint density at radius 3 is 2.44 bits per heavy atom. The van der Waals surface area contributed by atoms with Crippen LogP contribution in [0.5, 0.6) is 0 Å². The van der Waals surface area contributed by atoms with Crippen LogP contribution in [0.25, 0.3) is 0 Å². The van der Waals surface area contributed by atoms with E-state index in [1.807, 2.05) is 13.1 Å². The van der Waals surface area contributed by atoms with Crippen LogP contribution in [0.15, 0.2) is 10.6 Å². The third-order valence-corrected chi connectivity index (χ3v) is 3.44. The normalized spacial score (nSPS) is 21.4. The van der Waals surface area contributed by atoms with Crippen LogP contribution in [0.1, 0.15) is 75.5 Å². The van der Waals surface area contributed by atoms with E-state index in [9.17, 15) is 0 Å². The van der Waals surface area contributed by atoms with Gasteiger partial charge in [0.1, 0.15) is 5.76 Å². The zero-order valence-electron chi connectivity index (χ0n) is 10.1. The summed E-state index contributed by atoms with van der Waals surface area (Å²) in [5, 5.41) is 0. The molecule has 0 aliphatic heterocycles. The van der Waals surface area contributed by atoms with Gasteiger partial charge < -0.3 is 10.2 Å². The highest BCUT2D eigenvalue weighted by Gasteiger charge is 2.18. The summed E-state index contributed by atoms with van der Waals surface area (Å²) >= 11 is 0. The lowest BCUT2D eigenvalue weighted by molar-refractivity contribution is 0.362. The van der Waals surface area contributed by atoms with E-state index in [4.69, 9.17) is 10.2 Å². The molecule has 16 heavy (non-hydrogen) atoms. The summed E-state index contributed by atoms with van der Waals surface area (Å²) in [6.07, 6.45) is 11.1. The van der Waals surface area contributed by atoms with Crippen molar-refractivity contribution >= 4 is 0 Å². The first-order valence-electron chi connectivity index (χ1n) is 6.48. The minimum atomic E-state index is -0.0951. The molecule has 3 heteroatoms. The van der Waals surface area contributed by atoms with Crippen molar-refractivity contribution in [3.05, 3.63) is 17.8 Å². The standard InChI is InChI=1S/C13H22N2O/c1-10(14)13-15-9-12(16-13)11-7-5-3-2-4-6-8-11/h9-11H,2-8,14H2,1H3. The van der Waals surface area contributed by atoms with Gasteiger partial charge in [-0.25, -0.2) is 4.98 Å². The molecular weight excluding hydrogens is 200 g/mol. The van der Waals surface area contributed by atoms with Crippen LogP contribution in [-0.2, 0) is 0 Å². The zero-order chi connectivity index (χ0) is 11.4. The number of rotatable bonds is 2. The van der Waals surface area contributed by atoms with Crippen LogP contribution in [-0.4, -0.2) is 4.98 Å². The highest BCUT2D eigenvalue weighted by Crippen LogP contribution is 2.31. The Balaban J connectivity index is 2.02. The fourth-order valence-electron chi connectivity index (χ4n) is 2.44. The highest BCUT2D eigenvalue weighted by atomic mass is 16.4. The van der Waals surface area contributed by atoms with Crippen LogP contribution in [0.2, 0.25) is 0 Å². The molecule has 1 aromatic rings. The predicted octanol–water partition coefficient (Wildman–Crippen LogP) is 3.52. The van der Waals surface area contributed by atoms with Crippen molar-refractivity contribution in [3.8, 4) is 0 Å². The first kappa shape index (κ1) is 11.6. The van der Waals surface area contributed by atoms with Gasteiger partial charge in [0, 0.05) is 5.92 Å². The largest absolute Gasteiger partial charge is 0.444 e. The Hall–Kier alpha value is -0.830. The SMILES string of the molecule is CC(N)c1ncc(C2CCCCCCC2)o1. The van der Waals surface area contributed by atoms with Gasteiger partial charge in [0.15, 0.2) is 0 Å². The Morgan fingerprint density at radius 1 is 1.25 bits per heavy atom. The summed E-state index contributed by atoms with van der Waals surface area (Å²) in [6, 6.07) is -0.0951. The monoisotopic (exact) mass is 222 g/mol. The molecule has 0 spiro atoms. The van der Waals surface area contributed by atoms with Crippen LogP contribution in [0, 0.1) is 0 Å². The fourth-order valence-corrected chi connectivity index (χ4v) is 2.44. The van der Waals surface area contributed by atoms with E-state index < -0.39 is 0 Å². The van der Waals surface area contributed by atoms with Crippen molar-refractivity contribution in [1.82, 2.24) is 4.98 Å². The number of nitrogens with zero attached hydrogens (tertiary/aromatic N) is 1. The molecule has 1 aliphatic rings. The van der Waals surface area contributed by atoms with Crippen molar-refractivity contribution in [1.29, 1.82) is 0 Å². The highest BCUT2D eigenvalue weighted by molar-refractivity contribution is 5.03. The molecule has 1 aromatic heterocycles. The van der Waals surface area contributed by atoms with E-state index in [0.29, 0.717) is 11.8 Å². The first-order valence-corrected chi connectivity index (χ1v) is 6.48. The third-order valence-electron chi connectivity index (χ3n) is 3.44. The van der Waals surface area contributed by atoms with E-state index in [1.165, 1.54) is 44.9 Å². The smallest absolute Gasteiger partial charge is 0.211 e. The second kappa shape index (κ2) is 5.48. The molecule has 0 saturated heterocycles. The van der Waals surface area contributed by atoms with Gasteiger partial charge in [-0.2, -0.15) is 0 Å². The Kier molecular flexibility index (Phi) is 3.99. The van der Waals surface area contributed by atoms with Gasteiger partial charge in [0.2, 0.25) is 5.89 Å². The summed E-state index contributed by atoms with van der Waals surface area (Å²) in [7, 11) is 0. The Morgan fingerprint density at radius 2 is 1.88 bits per heavy atom. The Bertz CT molecular complexity index is 311. The van der Waals surface area contributed by atoms with E-state index in [2.05, 4.69) is 4.98 Å². The van der Waals surface area contributed by atoms with Crippen LogP contribution < -0.4 is 5.73 Å². The van der Waals surface area contributed by atoms with Crippen LogP contribution in [0.4, 0.5) is 0 Å². The molecule has 0 amide bonds. The summed E-state index contributed by atoms with van der Waals surface area (Å²) in [4.78, 5) is 4.25. The van der Waals surface area contributed by atoms with E-state index in [-0.39, 0.29) is 6.04 Å². The fraction of sp³-hybridized carbons (Fsp3) is 0.769. The summed E-state index contributed by atoms with van der Waals surface area (Å²) < 4.78 is 5.74. The van der Waals surface area contributed by atoms with Gasteiger partial charge in [-0.05, 0) is 19.8 Å². The topological polar surface area (TPSA) is 52.0 Å². The Labute approximate surface area is 97.4 Å². The maximum Gasteiger partial charge on any atom is 0.211 e. The molecule has 1 saturated carbocycles. The number of hydrogen-bond acceptors (Lipinski definition) is 3. The summed E-state index contributed by atoms with van der Waals surface area (Å²) in [5.74, 6) is 2.30. The molecule has 0 aromatic carbocycles. The van der Waals surface area contributed by atoms with E-state index in [0.717, 1.165) is 5.76 Å². The molecule has 1 heterocycles. The van der Waals surface area contributed by atoms with E-state index in [1.54, 1.807) is 0 Å². The van der Waals surface area contributed by atoms with Crippen molar-refractivity contribution in [3.63, 3.8) is 0 Å². The predicted molar refractivity (Wildman–Crippen MR) is 64.2 cm³/mol. The first-order chi connectivity index (χ1) is 7.77. The van der Waals surface area contributed by atoms with Crippen molar-refractivity contribution in [2.75, 3.05) is 0 Å². The van der Waals surface area contributed by atoms with E-state index >= 15 is 0 Å². The quantitative estimate of drug-likeness (QED) is 0.833. The molecule has 1 atom stereocenters. The van der Waals surface area contributed by atoms with Gasteiger partial charge in [-0.15, -0.1) is 0 Å². The maximum atomic E-state index is 5.76. The van der Waals surface area contributed by atoms with Crippen molar-refractivity contribution < 1.29 is 4.42 Å². The van der Waals surface area contributed by atoms with Gasteiger partial charge >= 0.3 is 0 Å². The van der Waals surface area contributed by atoms with Crippen molar-refractivity contribution in [2.24, 2.45) is 5.73 Å². The molecule has 2 rings (SSSR count). The van der Waals surface area contributed by atoms with Gasteiger partial charge in [-0.1, -0.05) is 32.1 Å². The minimum Gasteiger partial charge on any atom is -0.444 e. The molecule has 90 valence electrons. The van der Waals surface area contributed by atoms with Gasteiger partial charge in [0.25, 0.3) is 0 Å². The third kappa shape index (κ3) is 2.85. The number of aromatic nitrogens is 1. The second-order valence-corrected chi connectivity index (χ2v) is 4.93. The molecule has 0 radical (unpaired) electrons. The molecule has 2 N–H and O–H groups in total. The summed E-state index contributed by atoms with van der Waals surface area (Å²) in [5.41, 5.74) is 5.76. The van der Waals surface area contributed by atoms with Crippen LogP contribution >= 0.6 is 0 Å². The molecule has 3 nitrogen and oxygen atoms in total. The summed E-state index contributed by atoms with van der Waals surface area (Å²) in [6.45, 7) is 1.91. The van der Waals surface area contributed by atoms with Crippen LogP contribution in [0.3, 0.4) is 0 Å². The maximum absolute atomic E-state index is 5.76. The van der Waals surface area contributed by atoms with Crippen molar-refractivity contribution in [2.45, 2.75) is 63.8 Å². The number of hydrogen-bond donors (Lipinski definition) is 1. The zero-order valence-corrected chi connectivity index (χ0v) is 10.1. The molecule has 0 bridgehead atoms. The molecule has 1 unspecified atom stereocenters. The average molecular weight is 222 g/mol. The second-order valence-electron chi connectivity index (χ2n) is 4.93. The number of oxazole rings is 1. The molecular formula is C13H22N2O. The van der Waals surface area contributed by atoms with Gasteiger partial charge in [0.05, 0.1) is 12.2 Å². The molecule has 1 aliphatic carbocycles. The lowest BCUT2D eigenvalue weighted by Gasteiger charge is -2.16.